The number of hydrogen-bond donors (Lipinski definition) is 0. The van der Waals surface area contributed by atoms with E-state index in [2.05, 4.69) is 18.2 Å². The lowest BCUT2D eigenvalue weighted by molar-refractivity contribution is 0.911. The summed E-state index contributed by atoms with van der Waals surface area (Å²) in [6.07, 6.45) is 5.00. The van der Waals surface area contributed by atoms with Crippen LogP contribution >= 0.6 is 23.4 Å². The van der Waals surface area contributed by atoms with Crippen molar-refractivity contribution in [3.63, 3.8) is 0 Å². The summed E-state index contributed by atoms with van der Waals surface area (Å²) in [5, 5.41) is 0. The first-order valence-corrected chi connectivity index (χ1v) is 6.73. The van der Waals surface area contributed by atoms with Gasteiger partial charge >= 0.3 is 0 Å². The van der Waals surface area contributed by atoms with Crippen LogP contribution in [0.5, 0.6) is 0 Å². The summed E-state index contributed by atoms with van der Waals surface area (Å²) in [6.45, 7) is 0. The molecule has 2 heteroatoms. The molecule has 0 saturated heterocycles. The van der Waals surface area contributed by atoms with Crippen LogP contribution in [0.3, 0.4) is 0 Å². The highest BCUT2D eigenvalue weighted by Crippen LogP contribution is 2.27. The molecule has 0 nitrogen and oxygen atoms in total. The SMILES string of the molecule is ClCCCSc1ccc2c(c1)CCC2. The fourth-order valence-electron chi connectivity index (χ4n) is 1.88. The summed E-state index contributed by atoms with van der Waals surface area (Å²) < 4.78 is 0. The van der Waals surface area contributed by atoms with Gasteiger partial charge in [-0.25, -0.2) is 0 Å². The lowest BCUT2D eigenvalue weighted by Crippen LogP contribution is -1.85. The normalized spacial score (nSPS) is 14.4. The molecule has 1 aliphatic carbocycles. The smallest absolute Gasteiger partial charge is 0.0231 e. The molecule has 0 bridgehead atoms. The third-order valence-corrected chi connectivity index (χ3v) is 3.96. The van der Waals surface area contributed by atoms with E-state index in [9.17, 15) is 0 Å². The van der Waals surface area contributed by atoms with Crippen molar-refractivity contribution in [1.82, 2.24) is 0 Å². The van der Waals surface area contributed by atoms with Gasteiger partial charge in [0.25, 0.3) is 0 Å². The molecule has 0 aromatic heterocycles. The van der Waals surface area contributed by atoms with Gasteiger partial charge in [-0.05, 0) is 54.7 Å². The Morgan fingerprint density at radius 2 is 2.07 bits per heavy atom. The number of hydrogen-bond acceptors (Lipinski definition) is 1. The van der Waals surface area contributed by atoms with Crippen LogP contribution in [0.2, 0.25) is 0 Å². The summed E-state index contributed by atoms with van der Waals surface area (Å²) in [5.41, 5.74) is 3.13. The van der Waals surface area contributed by atoms with Crippen LogP contribution in [-0.2, 0) is 12.8 Å². The molecule has 1 aliphatic rings. The summed E-state index contributed by atoms with van der Waals surface area (Å²) in [7, 11) is 0. The molecule has 0 aliphatic heterocycles. The highest BCUT2D eigenvalue weighted by Gasteiger charge is 2.10. The number of halogens is 1. The molecule has 0 heterocycles. The molecule has 0 unspecified atom stereocenters. The quantitative estimate of drug-likeness (QED) is 0.426. The molecule has 0 spiro atoms. The zero-order chi connectivity index (χ0) is 9.80. The molecule has 0 radical (unpaired) electrons. The lowest BCUT2D eigenvalue weighted by Gasteiger charge is -2.03. The maximum absolute atomic E-state index is 5.65. The molecular weight excluding hydrogens is 212 g/mol. The van der Waals surface area contributed by atoms with Gasteiger partial charge in [-0.1, -0.05) is 6.07 Å². The summed E-state index contributed by atoms with van der Waals surface area (Å²) in [5.74, 6) is 1.92. The number of aryl methyl sites for hydroxylation is 2. The predicted octanol–water partition coefficient (Wildman–Crippen LogP) is 3.90. The zero-order valence-corrected chi connectivity index (χ0v) is 9.83. The fourth-order valence-corrected chi connectivity index (χ4v) is 3.09. The minimum atomic E-state index is 0.776. The number of alkyl halides is 1. The Balaban J connectivity index is 1.98. The van der Waals surface area contributed by atoms with Gasteiger partial charge in [0, 0.05) is 10.8 Å². The van der Waals surface area contributed by atoms with Crippen LogP contribution in [0.1, 0.15) is 24.0 Å². The number of benzene rings is 1. The molecule has 2 rings (SSSR count). The average molecular weight is 227 g/mol. The summed E-state index contributed by atoms with van der Waals surface area (Å²) >= 11 is 7.57. The van der Waals surface area contributed by atoms with E-state index >= 15 is 0 Å². The first kappa shape index (κ1) is 10.4. The molecule has 14 heavy (non-hydrogen) atoms. The highest BCUT2D eigenvalue weighted by molar-refractivity contribution is 7.99. The van der Waals surface area contributed by atoms with Crippen LogP contribution < -0.4 is 0 Å². The van der Waals surface area contributed by atoms with Crippen molar-refractivity contribution < 1.29 is 0 Å². The average Bonchev–Trinajstić information content (AvgIpc) is 2.65. The number of rotatable bonds is 4. The van der Waals surface area contributed by atoms with Gasteiger partial charge in [0.2, 0.25) is 0 Å². The molecule has 0 N–H and O–H groups in total. The second-order valence-electron chi connectivity index (χ2n) is 3.68. The third-order valence-electron chi connectivity index (χ3n) is 2.62. The summed E-state index contributed by atoms with van der Waals surface area (Å²) in [4.78, 5) is 1.41. The molecular formula is C12H15ClS. The van der Waals surface area contributed by atoms with Gasteiger partial charge in [-0.2, -0.15) is 0 Å². The minimum absolute atomic E-state index is 0.776. The first-order valence-electron chi connectivity index (χ1n) is 5.21. The zero-order valence-electron chi connectivity index (χ0n) is 8.26. The van der Waals surface area contributed by atoms with Crippen LogP contribution in [0.15, 0.2) is 23.1 Å². The van der Waals surface area contributed by atoms with E-state index in [0.717, 1.165) is 18.1 Å². The Morgan fingerprint density at radius 1 is 1.21 bits per heavy atom. The van der Waals surface area contributed by atoms with Crippen LogP contribution in [0.4, 0.5) is 0 Å². The van der Waals surface area contributed by atoms with Crippen molar-refractivity contribution in [2.75, 3.05) is 11.6 Å². The topological polar surface area (TPSA) is 0 Å². The van der Waals surface area contributed by atoms with Crippen molar-refractivity contribution >= 4 is 23.4 Å². The largest absolute Gasteiger partial charge is 0.127 e. The number of fused-ring (bicyclic) bond motifs is 1. The van der Waals surface area contributed by atoms with E-state index in [0.29, 0.717) is 0 Å². The van der Waals surface area contributed by atoms with E-state index in [-0.39, 0.29) is 0 Å². The Morgan fingerprint density at radius 3 is 2.93 bits per heavy atom. The van der Waals surface area contributed by atoms with Gasteiger partial charge in [0.05, 0.1) is 0 Å². The predicted molar refractivity (Wildman–Crippen MR) is 64.5 cm³/mol. The van der Waals surface area contributed by atoms with E-state index in [4.69, 9.17) is 11.6 Å². The van der Waals surface area contributed by atoms with Crippen LogP contribution in [0, 0.1) is 0 Å². The molecule has 0 fully saturated rings. The van der Waals surface area contributed by atoms with Gasteiger partial charge in [0.1, 0.15) is 0 Å². The monoisotopic (exact) mass is 226 g/mol. The molecule has 0 atom stereocenters. The van der Waals surface area contributed by atoms with Crippen molar-refractivity contribution in [3.8, 4) is 0 Å². The van der Waals surface area contributed by atoms with E-state index in [1.807, 2.05) is 11.8 Å². The molecule has 0 saturated carbocycles. The van der Waals surface area contributed by atoms with Gasteiger partial charge in [-0.3, -0.25) is 0 Å². The minimum Gasteiger partial charge on any atom is -0.127 e. The fraction of sp³-hybridized carbons (Fsp3) is 0.500. The Kier molecular flexibility index (Phi) is 3.77. The second kappa shape index (κ2) is 5.09. The molecule has 1 aromatic rings. The third kappa shape index (κ3) is 2.46. The number of thioether (sulfide) groups is 1. The van der Waals surface area contributed by atoms with Crippen molar-refractivity contribution in [1.29, 1.82) is 0 Å². The molecule has 76 valence electrons. The van der Waals surface area contributed by atoms with E-state index in [1.54, 1.807) is 11.1 Å². The standard InChI is InChI=1S/C12H15ClS/c13-7-2-8-14-12-6-5-10-3-1-4-11(10)9-12/h5-6,9H,1-4,7-8H2. The first-order chi connectivity index (χ1) is 6.90. The Labute approximate surface area is 95.0 Å². The maximum atomic E-state index is 5.65. The molecule has 1 aromatic carbocycles. The van der Waals surface area contributed by atoms with Crippen LogP contribution in [0.25, 0.3) is 0 Å². The van der Waals surface area contributed by atoms with Crippen LogP contribution in [-0.4, -0.2) is 11.6 Å². The van der Waals surface area contributed by atoms with E-state index in [1.165, 1.54) is 24.2 Å². The van der Waals surface area contributed by atoms with Crippen molar-refractivity contribution in [3.05, 3.63) is 29.3 Å². The van der Waals surface area contributed by atoms with Gasteiger partial charge in [-0.15, -0.1) is 23.4 Å². The maximum Gasteiger partial charge on any atom is 0.0231 e. The van der Waals surface area contributed by atoms with Gasteiger partial charge < -0.3 is 0 Å². The Bertz CT molecular complexity index is 309. The van der Waals surface area contributed by atoms with Crippen molar-refractivity contribution in [2.45, 2.75) is 30.6 Å². The highest BCUT2D eigenvalue weighted by atomic mass is 35.5. The Hall–Kier alpha value is -0.140. The van der Waals surface area contributed by atoms with Crippen molar-refractivity contribution in [2.24, 2.45) is 0 Å². The second-order valence-corrected chi connectivity index (χ2v) is 5.22. The molecule has 0 amide bonds. The summed E-state index contributed by atoms with van der Waals surface area (Å²) in [6, 6.07) is 6.91. The van der Waals surface area contributed by atoms with E-state index < -0.39 is 0 Å². The lowest BCUT2D eigenvalue weighted by atomic mass is 10.1. The van der Waals surface area contributed by atoms with Gasteiger partial charge in [0.15, 0.2) is 0 Å².